The van der Waals surface area contributed by atoms with Gasteiger partial charge in [-0.15, -0.1) is 0 Å². The Morgan fingerprint density at radius 2 is 2.05 bits per heavy atom. The second-order valence-electron chi connectivity index (χ2n) is 4.73. The van der Waals surface area contributed by atoms with Crippen molar-refractivity contribution in [3.63, 3.8) is 0 Å². The second kappa shape index (κ2) is 6.98. The minimum Gasteiger partial charge on any atom is -0.497 e. The van der Waals surface area contributed by atoms with Gasteiger partial charge in [-0.05, 0) is 30.0 Å². The van der Waals surface area contributed by atoms with E-state index in [1.807, 2.05) is 24.4 Å². The number of aromatic nitrogens is 1. The lowest BCUT2D eigenvalue weighted by Gasteiger charge is -2.09. The number of benzene rings is 1. The Balaban J connectivity index is 2.08. The maximum absolute atomic E-state index is 5.28. The molecule has 0 atom stereocenters. The van der Waals surface area contributed by atoms with Gasteiger partial charge >= 0.3 is 0 Å². The van der Waals surface area contributed by atoms with E-state index in [4.69, 9.17) is 4.74 Å². The number of ether oxygens (including phenoxy) is 1. The molecule has 0 amide bonds. The van der Waals surface area contributed by atoms with E-state index in [0.717, 1.165) is 23.5 Å². The molecule has 0 radical (unpaired) electrons. The number of pyridine rings is 1. The van der Waals surface area contributed by atoms with Crippen LogP contribution in [-0.2, 0) is 0 Å². The van der Waals surface area contributed by atoms with E-state index < -0.39 is 0 Å². The van der Waals surface area contributed by atoms with Crippen LogP contribution in [0.3, 0.4) is 0 Å². The standard InChI is InChI=1S/C16H22N2O/c1-3-4-5-6-10-17-16-15-12-14(19-2)8-7-13(15)9-11-18-16/h7-9,11-12H,3-6,10H2,1-2H3,(H,17,18). The number of hydrogen-bond donors (Lipinski definition) is 1. The van der Waals surface area contributed by atoms with Gasteiger partial charge in [0, 0.05) is 18.1 Å². The second-order valence-corrected chi connectivity index (χ2v) is 4.73. The summed E-state index contributed by atoms with van der Waals surface area (Å²) >= 11 is 0. The number of methoxy groups -OCH3 is 1. The molecule has 0 aliphatic rings. The summed E-state index contributed by atoms with van der Waals surface area (Å²) in [7, 11) is 1.69. The summed E-state index contributed by atoms with van der Waals surface area (Å²) in [4.78, 5) is 4.43. The van der Waals surface area contributed by atoms with Gasteiger partial charge in [-0.25, -0.2) is 4.98 Å². The Hall–Kier alpha value is -1.77. The Kier molecular flexibility index (Phi) is 5.01. The van der Waals surface area contributed by atoms with E-state index in [9.17, 15) is 0 Å². The van der Waals surface area contributed by atoms with Crippen LogP contribution in [0.4, 0.5) is 5.82 Å². The number of nitrogens with zero attached hydrogens (tertiary/aromatic N) is 1. The van der Waals surface area contributed by atoms with Crippen LogP contribution in [0.15, 0.2) is 30.5 Å². The van der Waals surface area contributed by atoms with Crippen LogP contribution >= 0.6 is 0 Å². The lowest BCUT2D eigenvalue weighted by molar-refractivity contribution is 0.415. The predicted octanol–water partition coefficient (Wildman–Crippen LogP) is 4.24. The van der Waals surface area contributed by atoms with Crippen molar-refractivity contribution in [2.24, 2.45) is 0 Å². The van der Waals surface area contributed by atoms with Gasteiger partial charge in [0.05, 0.1) is 7.11 Å². The molecular weight excluding hydrogens is 236 g/mol. The van der Waals surface area contributed by atoms with Crippen molar-refractivity contribution >= 4 is 16.6 Å². The molecule has 0 saturated carbocycles. The molecule has 0 aliphatic heterocycles. The zero-order valence-corrected chi connectivity index (χ0v) is 11.8. The highest BCUT2D eigenvalue weighted by Crippen LogP contribution is 2.25. The number of unbranched alkanes of at least 4 members (excludes halogenated alkanes) is 3. The normalized spacial score (nSPS) is 10.6. The first kappa shape index (κ1) is 13.7. The molecular formula is C16H22N2O. The largest absolute Gasteiger partial charge is 0.497 e. The number of rotatable bonds is 7. The van der Waals surface area contributed by atoms with Crippen molar-refractivity contribution in [2.45, 2.75) is 32.6 Å². The lowest BCUT2D eigenvalue weighted by atomic mass is 10.1. The Morgan fingerprint density at radius 3 is 2.84 bits per heavy atom. The average Bonchev–Trinajstić information content (AvgIpc) is 2.46. The quantitative estimate of drug-likeness (QED) is 0.754. The van der Waals surface area contributed by atoms with Crippen LogP contribution in [0, 0.1) is 0 Å². The van der Waals surface area contributed by atoms with Crippen LogP contribution < -0.4 is 10.1 Å². The fourth-order valence-electron chi connectivity index (χ4n) is 2.17. The van der Waals surface area contributed by atoms with Gasteiger partial charge in [0.1, 0.15) is 11.6 Å². The molecule has 19 heavy (non-hydrogen) atoms. The Morgan fingerprint density at radius 1 is 1.16 bits per heavy atom. The van der Waals surface area contributed by atoms with Gasteiger partial charge in [0.2, 0.25) is 0 Å². The minimum absolute atomic E-state index is 0.870. The smallest absolute Gasteiger partial charge is 0.133 e. The molecule has 2 rings (SSSR count). The molecule has 0 bridgehead atoms. The van der Waals surface area contributed by atoms with E-state index >= 15 is 0 Å². The highest BCUT2D eigenvalue weighted by atomic mass is 16.5. The number of anilines is 1. The third-order valence-corrected chi connectivity index (χ3v) is 3.30. The molecule has 3 nitrogen and oxygen atoms in total. The van der Waals surface area contributed by atoms with E-state index in [2.05, 4.69) is 23.3 Å². The Labute approximate surface area is 115 Å². The molecule has 0 saturated heterocycles. The Bertz CT molecular complexity index is 525. The van der Waals surface area contributed by atoms with Crippen LogP contribution in [-0.4, -0.2) is 18.6 Å². The van der Waals surface area contributed by atoms with Crippen LogP contribution in [0.25, 0.3) is 10.8 Å². The summed E-state index contributed by atoms with van der Waals surface area (Å²) in [5.41, 5.74) is 0. The van der Waals surface area contributed by atoms with Gasteiger partial charge < -0.3 is 10.1 Å². The molecule has 1 aromatic heterocycles. The van der Waals surface area contributed by atoms with Gasteiger partial charge in [0.25, 0.3) is 0 Å². The number of nitrogens with one attached hydrogen (secondary N) is 1. The highest BCUT2D eigenvalue weighted by molar-refractivity contribution is 5.92. The van der Waals surface area contributed by atoms with Crippen LogP contribution in [0.2, 0.25) is 0 Å². The molecule has 0 fully saturated rings. The van der Waals surface area contributed by atoms with Gasteiger partial charge in [-0.3, -0.25) is 0 Å². The molecule has 1 heterocycles. The van der Waals surface area contributed by atoms with Gasteiger partial charge in [0.15, 0.2) is 0 Å². The molecule has 102 valence electrons. The van der Waals surface area contributed by atoms with E-state index in [1.165, 1.54) is 31.1 Å². The van der Waals surface area contributed by atoms with Crippen molar-refractivity contribution in [1.29, 1.82) is 0 Å². The summed E-state index contributed by atoms with van der Waals surface area (Å²) in [6.45, 7) is 3.20. The fourth-order valence-corrected chi connectivity index (χ4v) is 2.17. The monoisotopic (exact) mass is 258 g/mol. The van der Waals surface area contributed by atoms with Crippen LogP contribution in [0.1, 0.15) is 32.6 Å². The summed E-state index contributed by atoms with van der Waals surface area (Å²) in [5.74, 6) is 1.82. The molecule has 2 aromatic rings. The maximum atomic E-state index is 5.28. The molecule has 0 unspecified atom stereocenters. The lowest BCUT2D eigenvalue weighted by Crippen LogP contribution is -2.03. The maximum Gasteiger partial charge on any atom is 0.133 e. The van der Waals surface area contributed by atoms with E-state index in [1.54, 1.807) is 7.11 Å². The van der Waals surface area contributed by atoms with Crippen molar-refractivity contribution in [3.05, 3.63) is 30.5 Å². The predicted molar refractivity (Wildman–Crippen MR) is 80.9 cm³/mol. The topological polar surface area (TPSA) is 34.2 Å². The number of fused-ring (bicyclic) bond motifs is 1. The van der Waals surface area contributed by atoms with Crippen LogP contribution in [0.5, 0.6) is 5.75 Å². The fraction of sp³-hybridized carbons (Fsp3) is 0.438. The third kappa shape index (κ3) is 3.60. The van der Waals surface area contributed by atoms with Gasteiger partial charge in [-0.2, -0.15) is 0 Å². The summed E-state index contributed by atoms with van der Waals surface area (Å²) in [6.07, 6.45) is 6.89. The van der Waals surface area contributed by atoms with E-state index in [-0.39, 0.29) is 0 Å². The van der Waals surface area contributed by atoms with Crippen molar-refractivity contribution in [1.82, 2.24) is 4.98 Å². The third-order valence-electron chi connectivity index (χ3n) is 3.30. The van der Waals surface area contributed by atoms with Crippen molar-refractivity contribution < 1.29 is 4.74 Å². The van der Waals surface area contributed by atoms with Gasteiger partial charge in [-0.1, -0.05) is 32.3 Å². The highest BCUT2D eigenvalue weighted by Gasteiger charge is 2.03. The first-order valence-electron chi connectivity index (χ1n) is 7.01. The first-order chi connectivity index (χ1) is 9.35. The minimum atomic E-state index is 0.870. The summed E-state index contributed by atoms with van der Waals surface area (Å²) in [6, 6.07) is 8.11. The average molecular weight is 258 g/mol. The molecule has 1 aromatic carbocycles. The zero-order chi connectivity index (χ0) is 13.5. The molecule has 0 spiro atoms. The zero-order valence-electron chi connectivity index (χ0n) is 11.8. The number of hydrogen-bond acceptors (Lipinski definition) is 3. The summed E-state index contributed by atoms with van der Waals surface area (Å²) < 4.78 is 5.28. The van der Waals surface area contributed by atoms with Crippen molar-refractivity contribution in [2.75, 3.05) is 19.0 Å². The molecule has 1 N–H and O–H groups in total. The van der Waals surface area contributed by atoms with E-state index in [0.29, 0.717) is 0 Å². The SMILES string of the molecule is CCCCCCNc1nccc2ccc(OC)cc12. The molecule has 0 aliphatic carbocycles. The molecule has 3 heteroatoms. The summed E-state index contributed by atoms with van der Waals surface area (Å²) in [5, 5.41) is 5.74. The van der Waals surface area contributed by atoms with Crippen molar-refractivity contribution in [3.8, 4) is 5.75 Å². The first-order valence-corrected chi connectivity index (χ1v) is 7.01.